The molecule has 0 radical (unpaired) electrons. The van der Waals surface area contributed by atoms with Crippen molar-refractivity contribution >= 4 is 5.97 Å². The van der Waals surface area contributed by atoms with Gasteiger partial charge in [0.1, 0.15) is 0 Å². The van der Waals surface area contributed by atoms with Gasteiger partial charge in [0.05, 0.1) is 24.4 Å². The first kappa shape index (κ1) is 28.5. The van der Waals surface area contributed by atoms with Gasteiger partial charge in [-0.15, -0.1) is 0 Å². The smallest absolute Gasteiger partial charge is 0.306 e. The van der Waals surface area contributed by atoms with Gasteiger partial charge in [-0.3, -0.25) is 4.79 Å². The molecule has 0 aromatic heterocycles. The minimum atomic E-state index is -0.503. The van der Waals surface area contributed by atoms with E-state index in [2.05, 4.69) is 36.4 Å². The number of carbonyl (C=O) groups is 1. The first-order valence-corrected chi connectivity index (χ1v) is 13.3. The molecule has 1 saturated carbocycles. The molecule has 0 bridgehead atoms. The topological polar surface area (TPSA) is 87.0 Å². The number of ether oxygens (including phenoxy) is 1. The Morgan fingerprint density at radius 2 is 1.74 bits per heavy atom. The number of hydrogen-bond donors (Lipinski definition) is 3. The van der Waals surface area contributed by atoms with Crippen molar-refractivity contribution in [2.75, 3.05) is 0 Å². The molecule has 3 unspecified atom stereocenters. The SMILES string of the molecule is CC(C)OC(=O)CCC/C=C\C[C@H]1C(O)CC(O)[C@@H]1CCC(O)CCCCCc1ccccc1. The molecule has 5 nitrogen and oxygen atoms in total. The fourth-order valence-corrected chi connectivity index (χ4v) is 5.02. The van der Waals surface area contributed by atoms with Crippen LogP contribution in [0.25, 0.3) is 0 Å². The molecule has 1 aliphatic rings. The van der Waals surface area contributed by atoms with Gasteiger partial charge < -0.3 is 20.1 Å². The molecule has 0 amide bonds. The second kappa shape index (κ2) is 16.1. The highest BCUT2D eigenvalue weighted by Crippen LogP contribution is 2.38. The predicted molar refractivity (Wildman–Crippen MR) is 136 cm³/mol. The van der Waals surface area contributed by atoms with Crippen molar-refractivity contribution in [3.05, 3.63) is 48.0 Å². The molecule has 192 valence electrons. The Hall–Kier alpha value is -1.69. The Morgan fingerprint density at radius 1 is 1.00 bits per heavy atom. The molecular formula is C29H46O5. The number of aliphatic hydroxyl groups excluding tert-OH is 3. The van der Waals surface area contributed by atoms with Crippen LogP contribution in [0.1, 0.15) is 90.0 Å². The number of aliphatic hydroxyl groups is 3. The Bertz CT molecular complexity index is 702. The van der Waals surface area contributed by atoms with Gasteiger partial charge in [-0.25, -0.2) is 0 Å². The largest absolute Gasteiger partial charge is 0.463 e. The molecule has 2 rings (SSSR count). The number of benzene rings is 1. The maximum atomic E-state index is 11.6. The van der Waals surface area contributed by atoms with Crippen molar-refractivity contribution < 1.29 is 24.9 Å². The molecule has 0 saturated heterocycles. The average Bonchev–Trinajstić information content (AvgIpc) is 3.06. The molecule has 1 aliphatic carbocycles. The van der Waals surface area contributed by atoms with Gasteiger partial charge in [0.2, 0.25) is 0 Å². The summed E-state index contributed by atoms with van der Waals surface area (Å²) in [6, 6.07) is 10.5. The lowest BCUT2D eigenvalue weighted by Crippen LogP contribution is -2.23. The molecule has 5 heteroatoms. The van der Waals surface area contributed by atoms with Gasteiger partial charge in [-0.2, -0.15) is 0 Å². The molecule has 1 aromatic rings. The number of esters is 1. The van der Waals surface area contributed by atoms with Gasteiger partial charge in [0.15, 0.2) is 0 Å². The van der Waals surface area contributed by atoms with Crippen LogP contribution in [-0.4, -0.2) is 45.7 Å². The zero-order chi connectivity index (χ0) is 24.8. The summed E-state index contributed by atoms with van der Waals surface area (Å²) in [5, 5.41) is 31.3. The first-order valence-electron chi connectivity index (χ1n) is 13.3. The second-order valence-electron chi connectivity index (χ2n) is 10.2. The zero-order valence-corrected chi connectivity index (χ0v) is 21.1. The van der Waals surface area contributed by atoms with E-state index < -0.39 is 12.2 Å². The highest BCUT2D eigenvalue weighted by Gasteiger charge is 2.40. The van der Waals surface area contributed by atoms with E-state index in [4.69, 9.17) is 4.74 Å². The third kappa shape index (κ3) is 11.2. The fourth-order valence-electron chi connectivity index (χ4n) is 5.02. The van der Waals surface area contributed by atoms with E-state index in [1.165, 1.54) is 5.56 Å². The third-order valence-electron chi connectivity index (χ3n) is 6.89. The summed E-state index contributed by atoms with van der Waals surface area (Å²) >= 11 is 0. The van der Waals surface area contributed by atoms with Crippen molar-refractivity contribution in [1.82, 2.24) is 0 Å². The van der Waals surface area contributed by atoms with Crippen LogP contribution >= 0.6 is 0 Å². The number of unbranched alkanes of at least 4 members (excludes halogenated alkanes) is 3. The summed E-state index contributed by atoms with van der Waals surface area (Å²) in [5.41, 5.74) is 1.37. The molecule has 1 fully saturated rings. The highest BCUT2D eigenvalue weighted by molar-refractivity contribution is 5.69. The Morgan fingerprint density at radius 3 is 2.47 bits per heavy atom. The van der Waals surface area contributed by atoms with Crippen LogP contribution in [0, 0.1) is 11.8 Å². The van der Waals surface area contributed by atoms with Gasteiger partial charge in [0.25, 0.3) is 0 Å². The molecule has 1 aromatic carbocycles. The first-order chi connectivity index (χ1) is 16.4. The summed E-state index contributed by atoms with van der Waals surface area (Å²) in [4.78, 5) is 11.6. The third-order valence-corrected chi connectivity index (χ3v) is 6.89. The van der Waals surface area contributed by atoms with Gasteiger partial charge >= 0.3 is 5.97 Å². The van der Waals surface area contributed by atoms with Crippen LogP contribution in [0.15, 0.2) is 42.5 Å². The van der Waals surface area contributed by atoms with E-state index in [1.807, 2.05) is 19.9 Å². The maximum absolute atomic E-state index is 11.6. The summed E-state index contributed by atoms with van der Waals surface area (Å²) < 4.78 is 5.13. The Balaban J connectivity index is 1.62. The van der Waals surface area contributed by atoms with Crippen molar-refractivity contribution in [3.63, 3.8) is 0 Å². The monoisotopic (exact) mass is 474 g/mol. The summed E-state index contributed by atoms with van der Waals surface area (Å²) in [6.45, 7) is 3.70. The molecule has 34 heavy (non-hydrogen) atoms. The van der Waals surface area contributed by atoms with E-state index in [0.29, 0.717) is 19.3 Å². The van der Waals surface area contributed by atoms with Crippen molar-refractivity contribution in [2.45, 2.75) is 115 Å². The maximum Gasteiger partial charge on any atom is 0.306 e. The minimum absolute atomic E-state index is 0.0217. The molecule has 0 heterocycles. The lowest BCUT2D eigenvalue weighted by atomic mass is 9.85. The molecule has 5 atom stereocenters. The summed E-state index contributed by atoms with van der Waals surface area (Å²) in [7, 11) is 0. The van der Waals surface area contributed by atoms with Gasteiger partial charge in [-0.05, 0) is 89.0 Å². The predicted octanol–water partition coefficient (Wildman–Crippen LogP) is 5.36. The van der Waals surface area contributed by atoms with E-state index in [9.17, 15) is 20.1 Å². The fraction of sp³-hybridized carbons (Fsp3) is 0.690. The number of allylic oxidation sites excluding steroid dienone is 2. The van der Waals surface area contributed by atoms with Crippen LogP contribution in [0.3, 0.4) is 0 Å². The van der Waals surface area contributed by atoms with E-state index >= 15 is 0 Å². The lowest BCUT2D eigenvalue weighted by molar-refractivity contribution is -0.147. The molecule has 3 N–H and O–H groups in total. The number of carbonyl (C=O) groups excluding carboxylic acids is 1. The lowest BCUT2D eigenvalue weighted by Gasteiger charge is -2.23. The minimum Gasteiger partial charge on any atom is -0.463 e. The molecule has 0 spiro atoms. The normalized spacial score (nSPS) is 23.6. The molecular weight excluding hydrogens is 428 g/mol. The number of hydrogen-bond acceptors (Lipinski definition) is 5. The van der Waals surface area contributed by atoms with E-state index in [0.717, 1.165) is 57.8 Å². The van der Waals surface area contributed by atoms with Crippen molar-refractivity contribution in [3.8, 4) is 0 Å². The van der Waals surface area contributed by atoms with Crippen LogP contribution in [0.2, 0.25) is 0 Å². The van der Waals surface area contributed by atoms with E-state index in [-0.39, 0.29) is 30.0 Å². The quantitative estimate of drug-likeness (QED) is 0.171. The summed E-state index contributed by atoms with van der Waals surface area (Å²) in [6.07, 6.45) is 12.3. The van der Waals surface area contributed by atoms with Crippen LogP contribution < -0.4 is 0 Å². The van der Waals surface area contributed by atoms with Gasteiger partial charge in [0, 0.05) is 6.42 Å². The van der Waals surface area contributed by atoms with Crippen molar-refractivity contribution in [2.24, 2.45) is 11.8 Å². The zero-order valence-electron chi connectivity index (χ0n) is 21.1. The highest BCUT2D eigenvalue weighted by atomic mass is 16.5. The average molecular weight is 475 g/mol. The Labute approximate surface area is 206 Å². The molecule has 0 aliphatic heterocycles. The van der Waals surface area contributed by atoms with Crippen molar-refractivity contribution in [1.29, 1.82) is 0 Å². The number of rotatable bonds is 16. The van der Waals surface area contributed by atoms with Crippen LogP contribution in [0.5, 0.6) is 0 Å². The van der Waals surface area contributed by atoms with Crippen LogP contribution in [-0.2, 0) is 16.0 Å². The van der Waals surface area contributed by atoms with Crippen LogP contribution in [0.4, 0.5) is 0 Å². The summed E-state index contributed by atoms with van der Waals surface area (Å²) in [5.74, 6) is -0.115. The Kier molecular flexibility index (Phi) is 13.5. The second-order valence-corrected chi connectivity index (χ2v) is 10.2. The standard InChI is InChI=1S/C29H46O5/c1-22(2)34-29(33)18-12-4-3-11-17-25-26(28(32)21-27(25)31)20-19-24(30)16-10-6-9-15-23-13-7-5-8-14-23/h3,5,7-8,11,13-14,22,24-28,30-32H,4,6,9-10,12,15-21H2,1-2H3/b11-3-/t24?,25-,26-,27?,28?/m1/s1. The van der Waals surface area contributed by atoms with Gasteiger partial charge in [-0.1, -0.05) is 55.3 Å². The van der Waals surface area contributed by atoms with E-state index in [1.54, 1.807) is 0 Å². The number of aryl methyl sites for hydroxylation is 1.